The number of carbonyl (C=O) groups is 2. The van der Waals surface area contributed by atoms with E-state index in [1.54, 1.807) is 0 Å². The first-order valence-corrected chi connectivity index (χ1v) is 9.70. The minimum absolute atomic E-state index is 0.0229. The van der Waals surface area contributed by atoms with Crippen LogP contribution >= 0.6 is 11.6 Å². The molecule has 2 heterocycles. The summed E-state index contributed by atoms with van der Waals surface area (Å²) in [5, 5.41) is 7.33. The van der Waals surface area contributed by atoms with Crippen molar-refractivity contribution in [1.82, 2.24) is 20.0 Å². The molecule has 1 saturated heterocycles. The predicted molar refractivity (Wildman–Crippen MR) is 98.8 cm³/mol. The number of amides is 2. The fourth-order valence-electron chi connectivity index (χ4n) is 3.37. The minimum atomic E-state index is -0.166. The topological polar surface area (TPSA) is 67.2 Å². The zero-order valence-electron chi connectivity index (χ0n) is 15.4. The number of piperidine rings is 1. The number of alkyl halides is 1. The highest BCUT2D eigenvalue weighted by Gasteiger charge is 2.30. The number of likely N-dealkylation sites (tertiary alicyclic amines) is 1. The van der Waals surface area contributed by atoms with Crippen molar-refractivity contribution in [2.24, 2.45) is 11.8 Å². The maximum absolute atomic E-state index is 12.8. The Hall–Kier alpha value is -1.56. The van der Waals surface area contributed by atoms with Crippen LogP contribution in [0.2, 0.25) is 0 Å². The summed E-state index contributed by atoms with van der Waals surface area (Å²) in [6.45, 7) is 8.35. The summed E-state index contributed by atoms with van der Waals surface area (Å²) in [7, 11) is 0. The second-order valence-electron chi connectivity index (χ2n) is 6.87. The number of rotatable bonds is 7. The first-order chi connectivity index (χ1) is 12.0. The zero-order chi connectivity index (χ0) is 18.4. The molecular weight excluding hydrogens is 340 g/mol. The predicted octanol–water partition coefficient (Wildman–Crippen LogP) is 2.70. The van der Waals surface area contributed by atoms with Crippen LogP contribution in [0, 0.1) is 11.8 Å². The Morgan fingerprint density at radius 3 is 2.76 bits per heavy atom. The lowest BCUT2D eigenvalue weighted by Gasteiger charge is -2.36. The van der Waals surface area contributed by atoms with Gasteiger partial charge in [-0.3, -0.25) is 14.3 Å². The molecule has 1 fully saturated rings. The SMILES string of the molecule is CCC(CC)n1ccc(C(=O)N2CCC(C)C(CNC(=O)CCl)C2)n1. The van der Waals surface area contributed by atoms with Crippen molar-refractivity contribution in [3.63, 3.8) is 0 Å². The van der Waals surface area contributed by atoms with Crippen LogP contribution < -0.4 is 5.32 Å². The third-order valence-corrected chi connectivity index (χ3v) is 5.47. The normalized spacial score (nSPS) is 20.8. The number of halogens is 1. The highest BCUT2D eigenvalue weighted by Crippen LogP contribution is 2.24. The highest BCUT2D eigenvalue weighted by atomic mass is 35.5. The zero-order valence-corrected chi connectivity index (χ0v) is 16.1. The molecule has 0 bridgehead atoms. The largest absolute Gasteiger partial charge is 0.355 e. The summed E-state index contributed by atoms with van der Waals surface area (Å²) >= 11 is 5.53. The van der Waals surface area contributed by atoms with Crippen LogP contribution in [0.25, 0.3) is 0 Å². The molecule has 2 unspecified atom stereocenters. The lowest BCUT2D eigenvalue weighted by Crippen LogP contribution is -2.47. The van der Waals surface area contributed by atoms with Crippen LogP contribution in [0.1, 0.15) is 56.6 Å². The van der Waals surface area contributed by atoms with E-state index in [0.29, 0.717) is 30.7 Å². The van der Waals surface area contributed by atoms with Gasteiger partial charge in [0.15, 0.2) is 0 Å². The monoisotopic (exact) mass is 368 g/mol. The summed E-state index contributed by atoms with van der Waals surface area (Å²) in [4.78, 5) is 26.0. The number of nitrogens with one attached hydrogen (secondary N) is 1. The molecule has 6 nitrogen and oxygen atoms in total. The van der Waals surface area contributed by atoms with Crippen LogP contribution in [0.3, 0.4) is 0 Å². The molecule has 25 heavy (non-hydrogen) atoms. The van der Waals surface area contributed by atoms with Gasteiger partial charge >= 0.3 is 0 Å². The lowest BCUT2D eigenvalue weighted by molar-refractivity contribution is -0.119. The van der Waals surface area contributed by atoms with Crippen molar-refractivity contribution in [3.8, 4) is 0 Å². The molecule has 140 valence electrons. The van der Waals surface area contributed by atoms with Crippen LogP contribution in [0.4, 0.5) is 0 Å². The van der Waals surface area contributed by atoms with E-state index in [4.69, 9.17) is 11.6 Å². The smallest absolute Gasteiger partial charge is 0.274 e. The van der Waals surface area contributed by atoms with Gasteiger partial charge in [0.05, 0.1) is 6.04 Å². The Kier molecular flexibility index (Phi) is 7.29. The molecule has 2 atom stereocenters. The first-order valence-electron chi connectivity index (χ1n) is 9.17. The second-order valence-corrected chi connectivity index (χ2v) is 7.13. The molecule has 0 radical (unpaired) electrons. The molecule has 0 aromatic carbocycles. The lowest BCUT2D eigenvalue weighted by atomic mass is 9.87. The average Bonchev–Trinajstić information content (AvgIpc) is 3.11. The van der Waals surface area contributed by atoms with E-state index >= 15 is 0 Å². The molecule has 2 rings (SSSR count). The number of aromatic nitrogens is 2. The molecule has 0 spiro atoms. The standard InChI is InChI=1S/C18H29ClN4O2/c1-4-15(5-2)23-9-7-16(21-23)18(25)22-8-6-13(3)14(12-22)11-20-17(24)10-19/h7,9,13-15H,4-6,8,10-12H2,1-3H3,(H,20,24). The summed E-state index contributed by atoms with van der Waals surface area (Å²) in [6, 6.07) is 2.14. The fraction of sp³-hybridized carbons (Fsp3) is 0.722. The number of nitrogens with zero attached hydrogens (tertiary/aromatic N) is 3. The van der Waals surface area contributed by atoms with Gasteiger partial charge in [-0.05, 0) is 37.2 Å². The molecule has 1 aliphatic heterocycles. The Bertz CT molecular complexity index is 585. The molecule has 0 saturated carbocycles. The van der Waals surface area contributed by atoms with Crippen molar-refractivity contribution in [2.45, 2.75) is 46.1 Å². The van der Waals surface area contributed by atoms with E-state index in [2.05, 4.69) is 31.2 Å². The van der Waals surface area contributed by atoms with Gasteiger partial charge < -0.3 is 10.2 Å². The third-order valence-electron chi connectivity index (χ3n) is 5.23. The quantitative estimate of drug-likeness (QED) is 0.752. The molecule has 2 amide bonds. The van der Waals surface area contributed by atoms with Crippen molar-refractivity contribution in [1.29, 1.82) is 0 Å². The second kappa shape index (κ2) is 9.22. The van der Waals surface area contributed by atoms with Gasteiger partial charge in [0.2, 0.25) is 5.91 Å². The van der Waals surface area contributed by atoms with E-state index in [0.717, 1.165) is 25.8 Å². The minimum Gasteiger partial charge on any atom is -0.355 e. The summed E-state index contributed by atoms with van der Waals surface area (Å²) in [5.74, 6) is 0.483. The van der Waals surface area contributed by atoms with E-state index in [-0.39, 0.29) is 23.6 Å². The van der Waals surface area contributed by atoms with Gasteiger partial charge in [-0.15, -0.1) is 11.6 Å². The molecule has 1 aromatic heterocycles. The Morgan fingerprint density at radius 1 is 1.40 bits per heavy atom. The first kappa shape index (κ1) is 19.8. The Labute approximate surface area is 154 Å². The van der Waals surface area contributed by atoms with Crippen LogP contribution in [-0.2, 0) is 4.79 Å². The maximum atomic E-state index is 12.8. The van der Waals surface area contributed by atoms with E-state index in [1.807, 2.05) is 21.8 Å². The van der Waals surface area contributed by atoms with Gasteiger partial charge in [-0.2, -0.15) is 5.10 Å². The number of carbonyl (C=O) groups excluding carboxylic acids is 2. The molecule has 1 aromatic rings. The maximum Gasteiger partial charge on any atom is 0.274 e. The summed E-state index contributed by atoms with van der Waals surface area (Å²) in [5.41, 5.74) is 0.505. The molecular formula is C18H29ClN4O2. The number of hydrogen-bond acceptors (Lipinski definition) is 3. The van der Waals surface area contributed by atoms with Gasteiger partial charge in [0.1, 0.15) is 11.6 Å². The van der Waals surface area contributed by atoms with Crippen LogP contribution in [-0.4, -0.2) is 52.0 Å². The summed E-state index contributed by atoms with van der Waals surface area (Å²) < 4.78 is 1.90. The Balaban J connectivity index is 2.00. The Morgan fingerprint density at radius 2 is 2.12 bits per heavy atom. The van der Waals surface area contributed by atoms with Gasteiger partial charge in [0, 0.05) is 25.8 Å². The highest BCUT2D eigenvalue weighted by molar-refractivity contribution is 6.27. The van der Waals surface area contributed by atoms with E-state index in [1.165, 1.54) is 0 Å². The van der Waals surface area contributed by atoms with Crippen molar-refractivity contribution >= 4 is 23.4 Å². The van der Waals surface area contributed by atoms with Crippen molar-refractivity contribution in [3.05, 3.63) is 18.0 Å². The molecule has 7 heteroatoms. The average molecular weight is 369 g/mol. The van der Waals surface area contributed by atoms with E-state index < -0.39 is 0 Å². The van der Waals surface area contributed by atoms with Crippen LogP contribution in [0.15, 0.2) is 12.3 Å². The molecule has 0 aliphatic carbocycles. The molecule has 1 aliphatic rings. The fourth-order valence-corrected chi connectivity index (χ4v) is 3.47. The van der Waals surface area contributed by atoms with Crippen molar-refractivity contribution in [2.75, 3.05) is 25.5 Å². The third kappa shape index (κ3) is 4.97. The molecule has 1 N–H and O–H groups in total. The van der Waals surface area contributed by atoms with Crippen molar-refractivity contribution < 1.29 is 9.59 Å². The number of hydrogen-bond donors (Lipinski definition) is 1. The van der Waals surface area contributed by atoms with Gasteiger partial charge in [-0.1, -0.05) is 20.8 Å². The van der Waals surface area contributed by atoms with Gasteiger partial charge in [-0.25, -0.2) is 0 Å². The summed E-state index contributed by atoms with van der Waals surface area (Å²) in [6.07, 6.45) is 4.82. The van der Waals surface area contributed by atoms with Crippen LogP contribution in [0.5, 0.6) is 0 Å². The van der Waals surface area contributed by atoms with E-state index in [9.17, 15) is 9.59 Å². The van der Waals surface area contributed by atoms with Gasteiger partial charge in [0.25, 0.3) is 5.91 Å².